The maximum Gasteiger partial charge on any atom is 0.317 e. The lowest BCUT2D eigenvalue weighted by molar-refractivity contribution is 0.191. The van der Waals surface area contributed by atoms with Crippen molar-refractivity contribution in [3.63, 3.8) is 0 Å². The van der Waals surface area contributed by atoms with E-state index < -0.39 is 12.0 Å². The Morgan fingerprint density at radius 1 is 1.36 bits per heavy atom. The van der Waals surface area contributed by atoms with Gasteiger partial charge in [-0.1, -0.05) is 6.92 Å². The number of carbonyl (C=O) groups excluding carboxylic acids is 1. The number of hydrogen-bond acceptors (Lipinski definition) is 4. The van der Waals surface area contributed by atoms with E-state index in [-0.39, 0.29) is 35.8 Å². The molecular formula is C16H22ClF2N5O. The topological polar surface area (TPSA) is 70.2 Å². The molecule has 2 N–H and O–H groups in total. The van der Waals surface area contributed by atoms with Gasteiger partial charge in [0.05, 0.1) is 12.7 Å². The van der Waals surface area contributed by atoms with Gasteiger partial charge in [-0.2, -0.15) is 4.98 Å². The van der Waals surface area contributed by atoms with Gasteiger partial charge < -0.3 is 15.5 Å². The molecule has 1 saturated heterocycles. The van der Waals surface area contributed by atoms with Crippen LogP contribution in [0.25, 0.3) is 0 Å². The number of hydrogen-bond donors (Lipinski definition) is 2. The van der Waals surface area contributed by atoms with Gasteiger partial charge in [-0.25, -0.2) is 18.6 Å². The first-order valence-electron chi connectivity index (χ1n) is 8.54. The van der Waals surface area contributed by atoms with Crippen LogP contribution >= 0.6 is 11.6 Å². The Hall–Kier alpha value is -1.70. The van der Waals surface area contributed by atoms with Gasteiger partial charge in [-0.15, -0.1) is 0 Å². The largest absolute Gasteiger partial charge is 0.365 e. The van der Waals surface area contributed by atoms with Gasteiger partial charge >= 0.3 is 6.03 Å². The fourth-order valence-electron chi connectivity index (χ4n) is 3.65. The second kappa shape index (κ2) is 7.68. The molecule has 138 valence electrons. The van der Waals surface area contributed by atoms with Crippen LogP contribution in [0.1, 0.15) is 32.6 Å². The molecule has 0 bridgehead atoms. The van der Waals surface area contributed by atoms with Gasteiger partial charge in [-0.05, 0) is 43.2 Å². The first-order chi connectivity index (χ1) is 11.9. The maximum absolute atomic E-state index is 13.8. The number of carbonyl (C=O) groups is 1. The third-order valence-electron chi connectivity index (χ3n) is 4.74. The van der Waals surface area contributed by atoms with Gasteiger partial charge in [0.2, 0.25) is 5.28 Å². The van der Waals surface area contributed by atoms with Crippen molar-refractivity contribution in [2.45, 2.75) is 50.9 Å². The fourth-order valence-corrected chi connectivity index (χ4v) is 3.78. The van der Waals surface area contributed by atoms with Crippen LogP contribution in [-0.2, 0) is 0 Å². The van der Waals surface area contributed by atoms with Gasteiger partial charge in [0.1, 0.15) is 6.17 Å². The molecule has 4 atom stereocenters. The van der Waals surface area contributed by atoms with E-state index >= 15 is 0 Å². The Balaban J connectivity index is 1.59. The second-order valence-electron chi connectivity index (χ2n) is 6.97. The average molecular weight is 374 g/mol. The second-order valence-corrected chi connectivity index (χ2v) is 7.31. The van der Waals surface area contributed by atoms with Crippen molar-refractivity contribution in [2.75, 3.05) is 18.4 Å². The van der Waals surface area contributed by atoms with Gasteiger partial charge in [-0.3, -0.25) is 0 Å². The van der Waals surface area contributed by atoms with Crippen LogP contribution in [0.3, 0.4) is 0 Å². The number of likely N-dealkylation sites (tertiary alicyclic amines) is 1. The summed E-state index contributed by atoms with van der Waals surface area (Å²) < 4.78 is 27.1. The zero-order valence-electron chi connectivity index (χ0n) is 14.0. The van der Waals surface area contributed by atoms with Crippen LogP contribution < -0.4 is 10.6 Å². The molecule has 0 radical (unpaired) electrons. The van der Waals surface area contributed by atoms with E-state index in [2.05, 4.69) is 27.5 Å². The van der Waals surface area contributed by atoms with E-state index in [4.69, 9.17) is 11.6 Å². The SMILES string of the molecule is CC1CC(NC(=O)N2CCC(F)C2)CC(Nc2nc(Cl)ncc2F)C1. The summed E-state index contributed by atoms with van der Waals surface area (Å²) in [6.07, 6.45) is 2.81. The van der Waals surface area contributed by atoms with E-state index in [1.54, 1.807) is 0 Å². The number of nitrogens with one attached hydrogen (secondary N) is 2. The Kier molecular flexibility index (Phi) is 5.56. The molecule has 25 heavy (non-hydrogen) atoms. The van der Waals surface area contributed by atoms with Crippen LogP contribution in [0.2, 0.25) is 5.28 Å². The Morgan fingerprint density at radius 2 is 2.12 bits per heavy atom. The Bertz CT molecular complexity index is 635. The summed E-state index contributed by atoms with van der Waals surface area (Å²) in [5, 5.41) is 6.03. The van der Waals surface area contributed by atoms with Crippen molar-refractivity contribution in [1.29, 1.82) is 0 Å². The van der Waals surface area contributed by atoms with Crippen molar-refractivity contribution < 1.29 is 13.6 Å². The summed E-state index contributed by atoms with van der Waals surface area (Å²) in [6, 6.07) is -0.316. The van der Waals surface area contributed by atoms with Crippen molar-refractivity contribution in [3.05, 3.63) is 17.3 Å². The molecule has 4 unspecified atom stereocenters. The highest BCUT2D eigenvalue weighted by Crippen LogP contribution is 2.27. The minimum Gasteiger partial charge on any atom is -0.365 e. The van der Waals surface area contributed by atoms with E-state index in [0.717, 1.165) is 19.0 Å². The summed E-state index contributed by atoms with van der Waals surface area (Å²) in [5.41, 5.74) is 0. The van der Waals surface area contributed by atoms with Crippen LogP contribution in [-0.4, -0.2) is 52.2 Å². The van der Waals surface area contributed by atoms with Gasteiger partial charge in [0.25, 0.3) is 0 Å². The highest BCUT2D eigenvalue weighted by atomic mass is 35.5. The van der Waals surface area contributed by atoms with Crippen molar-refractivity contribution in [1.82, 2.24) is 20.2 Å². The van der Waals surface area contributed by atoms with Crippen LogP contribution in [0.5, 0.6) is 0 Å². The molecule has 2 heterocycles. The number of nitrogens with zero attached hydrogens (tertiary/aromatic N) is 3. The van der Waals surface area contributed by atoms with Crippen molar-refractivity contribution in [2.24, 2.45) is 5.92 Å². The van der Waals surface area contributed by atoms with E-state index in [0.29, 0.717) is 25.3 Å². The highest BCUT2D eigenvalue weighted by Gasteiger charge is 2.31. The number of alkyl halides is 1. The monoisotopic (exact) mass is 373 g/mol. The maximum atomic E-state index is 13.8. The Labute approximate surface area is 150 Å². The molecule has 3 rings (SSSR count). The van der Waals surface area contributed by atoms with E-state index in [1.165, 1.54) is 4.90 Å². The van der Waals surface area contributed by atoms with E-state index in [9.17, 15) is 13.6 Å². The van der Waals surface area contributed by atoms with Crippen LogP contribution in [0, 0.1) is 11.7 Å². The average Bonchev–Trinajstić information content (AvgIpc) is 2.97. The summed E-state index contributed by atoms with van der Waals surface area (Å²) in [4.78, 5) is 21.2. The predicted molar refractivity (Wildman–Crippen MR) is 90.8 cm³/mol. The van der Waals surface area contributed by atoms with E-state index in [1.807, 2.05) is 0 Å². The van der Waals surface area contributed by atoms with Crippen molar-refractivity contribution >= 4 is 23.4 Å². The number of halogens is 3. The summed E-state index contributed by atoms with van der Waals surface area (Å²) >= 11 is 5.72. The Morgan fingerprint density at radius 3 is 2.84 bits per heavy atom. The molecular weight excluding hydrogens is 352 g/mol. The molecule has 1 aliphatic carbocycles. The zero-order chi connectivity index (χ0) is 18.0. The molecule has 9 heteroatoms. The predicted octanol–water partition coefficient (Wildman–Crippen LogP) is 2.99. The molecule has 6 nitrogen and oxygen atoms in total. The minimum atomic E-state index is -0.934. The van der Waals surface area contributed by atoms with Crippen LogP contribution in [0.15, 0.2) is 6.20 Å². The third-order valence-corrected chi connectivity index (χ3v) is 4.93. The molecule has 0 spiro atoms. The smallest absolute Gasteiger partial charge is 0.317 e. The quantitative estimate of drug-likeness (QED) is 0.799. The molecule has 1 aromatic heterocycles. The summed E-state index contributed by atoms with van der Waals surface area (Å²) in [6.45, 7) is 2.69. The lowest BCUT2D eigenvalue weighted by Gasteiger charge is -2.35. The summed E-state index contributed by atoms with van der Waals surface area (Å²) in [7, 11) is 0. The first kappa shape index (κ1) is 18.1. The molecule has 2 fully saturated rings. The van der Waals surface area contributed by atoms with Crippen molar-refractivity contribution in [3.8, 4) is 0 Å². The molecule has 0 aromatic carbocycles. The van der Waals surface area contributed by atoms with Crippen LogP contribution in [0.4, 0.5) is 19.4 Å². The van der Waals surface area contributed by atoms with Gasteiger partial charge in [0.15, 0.2) is 11.6 Å². The number of rotatable bonds is 3. The molecule has 1 aliphatic heterocycles. The molecule has 1 saturated carbocycles. The third kappa shape index (κ3) is 4.68. The fraction of sp³-hybridized carbons (Fsp3) is 0.688. The van der Waals surface area contributed by atoms with Gasteiger partial charge in [0, 0.05) is 18.6 Å². The molecule has 1 aromatic rings. The number of urea groups is 1. The number of amides is 2. The first-order valence-corrected chi connectivity index (χ1v) is 8.92. The molecule has 2 aliphatic rings. The normalized spacial score (nSPS) is 29.5. The number of aromatic nitrogens is 2. The lowest BCUT2D eigenvalue weighted by atomic mass is 9.83. The number of anilines is 1. The summed E-state index contributed by atoms with van der Waals surface area (Å²) in [5.74, 6) is -0.136. The highest BCUT2D eigenvalue weighted by molar-refractivity contribution is 6.28. The zero-order valence-corrected chi connectivity index (χ0v) is 14.8. The lowest BCUT2D eigenvalue weighted by Crippen LogP contribution is -2.48. The standard InChI is InChI=1S/C16H22ClF2N5O/c1-9-4-11(21-14-13(19)7-20-15(17)23-14)6-12(5-9)22-16(25)24-3-2-10(18)8-24/h7,9-12H,2-6,8H2,1H3,(H,22,25)(H,20,21,23). The molecule has 2 amide bonds. The minimum absolute atomic E-state index is 0.0209.